The lowest BCUT2D eigenvalue weighted by molar-refractivity contribution is 0.0751. The van der Waals surface area contributed by atoms with Crippen LogP contribution in [0.3, 0.4) is 0 Å². The fraction of sp³-hybridized carbons (Fsp3) is 0.250. The molecule has 0 aliphatic carbocycles. The molecular formula is C20H18N4OS. The molecule has 1 aromatic carbocycles. The van der Waals surface area contributed by atoms with Crippen LogP contribution in [-0.2, 0) is 0 Å². The number of piperazine rings is 1. The summed E-state index contributed by atoms with van der Waals surface area (Å²) in [6.07, 6.45) is 1.59. The van der Waals surface area contributed by atoms with E-state index in [2.05, 4.69) is 28.1 Å². The van der Waals surface area contributed by atoms with E-state index in [0.717, 1.165) is 34.0 Å². The summed E-state index contributed by atoms with van der Waals surface area (Å²) in [6.45, 7) is 4.87. The second-order valence-electron chi connectivity index (χ2n) is 6.35. The zero-order valence-corrected chi connectivity index (χ0v) is 15.3. The van der Waals surface area contributed by atoms with Crippen molar-refractivity contribution in [3.8, 4) is 6.07 Å². The molecule has 4 rings (SSSR count). The Morgan fingerprint density at radius 1 is 1.15 bits per heavy atom. The van der Waals surface area contributed by atoms with E-state index in [0.29, 0.717) is 18.7 Å². The number of anilines is 1. The van der Waals surface area contributed by atoms with Gasteiger partial charge in [-0.15, -0.1) is 11.3 Å². The largest absolute Gasteiger partial charge is 0.353 e. The lowest BCUT2D eigenvalue weighted by Gasteiger charge is -2.35. The van der Waals surface area contributed by atoms with Gasteiger partial charge in [-0.1, -0.05) is 18.2 Å². The van der Waals surface area contributed by atoms with Crippen molar-refractivity contribution in [3.63, 3.8) is 0 Å². The minimum absolute atomic E-state index is 0.121. The molecule has 26 heavy (non-hydrogen) atoms. The fourth-order valence-electron chi connectivity index (χ4n) is 3.30. The number of hydrogen-bond acceptors (Lipinski definition) is 5. The van der Waals surface area contributed by atoms with Gasteiger partial charge in [-0.25, -0.2) is 4.98 Å². The summed E-state index contributed by atoms with van der Waals surface area (Å²) in [5.74, 6) is 0.977. The van der Waals surface area contributed by atoms with E-state index in [9.17, 15) is 4.79 Å². The molecular weight excluding hydrogens is 344 g/mol. The van der Waals surface area contributed by atoms with Gasteiger partial charge in [-0.05, 0) is 36.1 Å². The number of thiophene rings is 1. The Morgan fingerprint density at radius 2 is 1.92 bits per heavy atom. The van der Waals surface area contributed by atoms with Crippen LogP contribution >= 0.6 is 11.3 Å². The predicted molar refractivity (Wildman–Crippen MR) is 104 cm³/mol. The molecule has 0 spiro atoms. The van der Waals surface area contributed by atoms with Crippen LogP contribution in [0.2, 0.25) is 0 Å². The normalized spacial score (nSPS) is 14.5. The molecule has 1 amide bonds. The van der Waals surface area contributed by atoms with Gasteiger partial charge in [0, 0.05) is 37.1 Å². The van der Waals surface area contributed by atoms with Crippen molar-refractivity contribution in [3.05, 3.63) is 58.6 Å². The van der Waals surface area contributed by atoms with Crippen LogP contribution in [0, 0.1) is 18.3 Å². The molecule has 0 N–H and O–H groups in total. The molecule has 3 heterocycles. The number of pyridine rings is 1. The van der Waals surface area contributed by atoms with Crippen molar-refractivity contribution in [1.82, 2.24) is 9.88 Å². The second kappa shape index (κ2) is 6.77. The molecule has 0 atom stereocenters. The van der Waals surface area contributed by atoms with Crippen molar-refractivity contribution in [1.29, 1.82) is 5.26 Å². The summed E-state index contributed by atoms with van der Waals surface area (Å²) < 4.78 is 1.16. The van der Waals surface area contributed by atoms with Gasteiger partial charge in [0.2, 0.25) is 0 Å². The average Bonchev–Trinajstić information content (AvgIpc) is 3.04. The molecule has 2 aromatic heterocycles. The van der Waals surface area contributed by atoms with Crippen molar-refractivity contribution in [2.75, 3.05) is 31.1 Å². The van der Waals surface area contributed by atoms with Gasteiger partial charge in [0.25, 0.3) is 5.91 Å². The third-order valence-corrected chi connectivity index (χ3v) is 6.07. The first kappa shape index (κ1) is 16.6. The lowest BCUT2D eigenvalue weighted by atomic mass is 10.1. The van der Waals surface area contributed by atoms with Crippen LogP contribution in [0.4, 0.5) is 5.82 Å². The maximum absolute atomic E-state index is 13.0. The summed E-state index contributed by atoms with van der Waals surface area (Å²) in [5.41, 5.74) is 1.63. The summed E-state index contributed by atoms with van der Waals surface area (Å²) in [5, 5.41) is 10.0. The first-order chi connectivity index (χ1) is 12.7. The molecule has 1 aliphatic heterocycles. The summed E-state index contributed by atoms with van der Waals surface area (Å²) >= 11 is 1.58. The molecule has 3 aromatic rings. The third-order valence-electron chi connectivity index (χ3n) is 4.81. The Labute approximate surface area is 156 Å². The second-order valence-corrected chi connectivity index (χ2v) is 7.40. The van der Waals surface area contributed by atoms with Crippen LogP contribution in [0.1, 0.15) is 20.8 Å². The van der Waals surface area contributed by atoms with Gasteiger partial charge in [-0.3, -0.25) is 4.79 Å². The van der Waals surface area contributed by atoms with Gasteiger partial charge in [0.15, 0.2) is 0 Å². The van der Waals surface area contributed by atoms with Gasteiger partial charge < -0.3 is 9.80 Å². The van der Waals surface area contributed by atoms with E-state index in [1.807, 2.05) is 30.0 Å². The number of carbonyl (C=O) groups excluding carboxylic acids is 1. The Bertz CT molecular complexity index is 995. The maximum Gasteiger partial charge on any atom is 0.264 e. The van der Waals surface area contributed by atoms with Gasteiger partial charge in [-0.2, -0.15) is 5.26 Å². The van der Waals surface area contributed by atoms with Crippen molar-refractivity contribution in [2.24, 2.45) is 0 Å². The monoisotopic (exact) mass is 362 g/mol. The number of nitrogens with zero attached hydrogens (tertiary/aromatic N) is 4. The highest BCUT2D eigenvalue weighted by Crippen LogP contribution is 2.31. The third kappa shape index (κ3) is 2.91. The van der Waals surface area contributed by atoms with E-state index in [4.69, 9.17) is 5.26 Å². The molecule has 1 aliphatic rings. The fourth-order valence-corrected chi connectivity index (χ4v) is 4.48. The van der Waals surface area contributed by atoms with Gasteiger partial charge >= 0.3 is 0 Å². The number of hydrogen-bond donors (Lipinski definition) is 0. The minimum atomic E-state index is 0.121. The van der Waals surface area contributed by atoms with Gasteiger partial charge in [0.1, 0.15) is 11.9 Å². The molecule has 5 nitrogen and oxygen atoms in total. The van der Waals surface area contributed by atoms with E-state index in [1.165, 1.54) is 5.39 Å². The highest BCUT2D eigenvalue weighted by atomic mass is 32.1. The Balaban J connectivity index is 1.47. The lowest BCUT2D eigenvalue weighted by Crippen LogP contribution is -2.49. The molecule has 0 radical (unpaired) electrons. The first-order valence-electron chi connectivity index (χ1n) is 8.56. The Kier molecular flexibility index (Phi) is 4.31. The zero-order chi connectivity index (χ0) is 18.1. The van der Waals surface area contributed by atoms with Crippen molar-refractivity contribution in [2.45, 2.75) is 6.92 Å². The number of amides is 1. The highest BCUT2D eigenvalue weighted by Gasteiger charge is 2.25. The van der Waals surface area contributed by atoms with Crippen molar-refractivity contribution >= 4 is 33.1 Å². The SMILES string of the molecule is Cc1c(C(=O)N2CCN(c3ccc(C#N)cn3)CC2)sc2ccccc12. The van der Waals surface area contributed by atoms with E-state index in [1.54, 1.807) is 23.6 Å². The molecule has 1 saturated heterocycles. The summed E-state index contributed by atoms with van der Waals surface area (Å²) in [6, 6.07) is 13.9. The van der Waals surface area contributed by atoms with Crippen molar-refractivity contribution < 1.29 is 4.79 Å². The smallest absolute Gasteiger partial charge is 0.264 e. The Hall–Kier alpha value is -2.91. The number of carbonyl (C=O) groups is 1. The number of aromatic nitrogens is 1. The maximum atomic E-state index is 13.0. The van der Waals surface area contributed by atoms with E-state index < -0.39 is 0 Å². The minimum Gasteiger partial charge on any atom is -0.353 e. The van der Waals surface area contributed by atoms with Crippen LogP contribution in [-0.4, -0.2) is 42.0 Å². The van der Waals surface area contributed by atoms with Crippen LogP contribution in [0.15, 0.2) is 42.6 Å². The number of benzene rings is 1. The van der Waals surface area contributed by atoms with E-state index in [-0.39, 0.29) is 5.91 Å². The van der Waals surface area contributed by atoms with E-state index >= 15 is 0 Å². The predicted octanol–water partition coefficient (Wildman–Crippen LogP) is 3.44. The van der Waals surface area contributed by atoms with Gasteiger partial charge in [0.05, 0.1) is 10.4 Å². The standard InChI is InChI=1S/C20H18N4OS/c1-14-16-4-2-3-5-17(16)26-19(14)20(25)24-10-8-23(9-11-24)18-7-6-15(12-21)13-22-18/h2-7,13H,8-11H2,1H3. The van der Waals surface area contributed by atoms with Crippen LogP contribution < -0.4 is 4.90 Å². The number of fused-ring (bicyclic) bond motifs is 1. The highest BCUT2D eigenvalue weighted by molar-refractivity contribution is 7.21. The first-order valence-corrected chi connectivity index (χ1v) is 9.37. The quantitative estimate of drug-likeness (QED) is 0.701. The number of aryl methyl sites for hydroxylation is 1. The molecule has 0 unspecified atom stereocenters. The number of rotatable bonds is 2. The Morgan fingerprint density at radius 3 is 2.58 bits per heavy atom. The zero-order valence-electron chi connectivity index (χ0n) is 14.5. The molecule has 0 bridgehead atoms. The van der Waals surface area contributed by atoms with Crippen LogP contribution in [0.5, 0.6) is 0 Å². The summed E-state index contributed by atoms with van der Waals surface area (Å²) in [4.78, 5) is 22.3. The summed E-state index contributed by atoms with van der Waals surface area (Å²) in [7, 11) is 0. The average molecular weight is 362 g/mol. The molecule has 6 heteroatoms. The molecule has 1 fully saturated rings. The molecule has 0 saturated carbocycles. The number of nitriles is 1. The van der Waals surface area contributed by atoms with Crippen LogP contribution in [0.25, 0.3) is 10.1 Å². The molecule has 130 valence electrons. The topological polar surface area (TPSA) is 60.2 Å².